The fourth-order valence-electron chi connectivity index (χ4n) is 2.54. The molecule has 0 atom stereocenters. The maximum Gasteiger partial charge on any atom is 0.341 e. The van der Waals surface area contributed by atoms with Crippen molar-refractivity contribution in [2.75, 3.05) is 25.5 Å². The standard InChI is InChI=1S/C15H22N2O3S/c1-3-16-9-8-12(18)17-14-13(15(19)20-2)10-6-4-5-7-11(10)21-14/h16H,3-9H2,1-2H3,(H,17,18). The third-order valence-corrected chi connectivity index (χ3v) is 4.80. The van der Waals surface area contributed by atoms with Gasteiger partial charge >= 0.3 is 5.97 Å². The topological polar surface area (TPSA) is 67.4 Å². The molecular formula is C15H22N2O3S. The highest BCUT2D eigenvalue weighted by Gasteiger charge is 2.26. The van der Waals surface area contributed by atoms with Crippen LogP contribution in [0.1, 0.15) is 47.0 Å². The summed E-state index contributed by atoms with van der Waals surface area (Å²) in [7, 11) is 1.38. The molecule has 116 valence electrons. The first-order valence-corrected chi connectivity index (χ1v) is 8.22. The number of ether oxygens (including phenoxy) is 1. The number of hydrogen-bond acceptors (Lipinski definition) is 5. The van der Waals surface area contributed by atoms with Crippen molar-refractivity contribution < 1.29 is 14.3 Å². The number of fused-ring (bicyclic) bond motifs is 1. The van der Waals surface area contributed by atoms with Crippen LogP contribution in [0, 0.1) is 0 Å². The van der Waals surface area contributed by atoms with E-state index in [0.717, 1.165) is 37.8 Å². The molecule has 6 heteroatoms. The summed E-state index contributed by atoms with van der Waals surface area (Å²) < 4.78 is 4.89. The van der Waals surface area contributed by atoms with Crippen LogP contribution >= 0.6 is 11.3 Å². The Bertz CT molecular complexity index is 525. The highest BCUT2D eigenvalue weighted by molar-refractivity contribution is 7.17. The molecule has 0 aliphatic heterocycles. The summed E-state index contributed by atoms with van der Waals surface area (Å²) in [5, 5.41) is 6.64. The smallest absolute Gasteiger partial charge is 0.341 e. The third kappa shape index (κ3) is 3.83. The number of hydrogen-bond donors (Lipinski definition) is 2. The number of aryl methyl sites for hydroxylation is 1. The second-order valence-electron chi connectivity index (χ2n) is 5.06. The van der Waals surface area contributed by atoms with Gasteiger partial charge in [0.1, 0.15) is 5.00 Å². The molecule has 1 amide bonds. The van der Waals surface area contributed by atoms with E-state index in [2.05, 4.69) is 10.6 Å². The van der Waals surface area contributed by atoms with Crippen molar-refractivity contribution in [3.8, 4) is 0 Å². The first-order valence-electron chi connectivity index (χ1n) is 7.40. The number of anilines is 1. The number of esters is 1. The SMILES string of the molecule is CCNCCC(=O)Nc1sc2c(c1C(=O)OC)CCCC2. The largest absolute Gasteiger partial charge is 0.465 e. The molecule has 0 bridgehead atoms. The molecule has 0 radical (unpaired) electrons. The Morgan fingerprint density at radius 2 is 2.05 bits per heavy atom. The zero-order chi connectivity index (χ0) is 15.2. The zero-order valence-electron chi connectivity index (χ0n) is 12.6. The van der Waals surface area contributed by atoms with Crippen LogP contribution in [0.25, 0.3) is 0 Å². The molecule has 2 N–H and O–H groups in total. The summed E-state index contributed by atoms with van der Waals surface area (Å²) >= 11 is 1.52. The monoisotopic (exact) mass is 310 g/mol. The fraction of sp³-hybridized carbons (Fsp3) is 0.600. The average Bonchev–Trinajstić information content (AvgIpc) is 2.84. The van der Waals surface area contributed by atoms with E-state index in [4.69, 9.17) is 4.74 Å². The van der Waals surface area contributed by atoms with E-state index < -0.39 is 0 Å². The molecule has 1 aromatic heterocycles. The van der Waals surface area contributed by atoms with Crippen molar-refractivity contribution in [1.82, 2.24) is 5.32 Å². The Morgan fingerprint density at radius 1 is 1.29 bits per heavy atom. The molecular weight excluding hydrogens is 288 g/mol. The normalized spacial score (nSPS) is 13.6. The number of methoxy groups -OCH3 is 1. The number of carbonyl (C=O) groups is 2. The second kappa shape index (κ2) is 7.56. The first kappa shape index (κ1) is 16.0. The van der Waals surface area contributed by atoms with Crippen LogP contribution in [0.4, 0.5) is 5.00 Å². The first-order chi connectivity index (χ1) is 10.2. The molecule has 2 rings (SSSR count). The quantitative estimate of drug-likeness (QED) is 0.625. The summed E-state index contributed by atoms with van der Waals surface area (Å²) in [6.07, 6.45) is 4.50. The maximum atomic E-state index is 12.0. The van der Waals surface area contributed by atoms with Crippen LogP contribution in [0.5, 0.6) is 0 Å². The second-order valence-corrected chi connectivity index (χ2v) is 6.16. The number of rotatable bonds is 6. The molecule has 0 saturated carbocycles. The minimum absolute atomic E-state index is 0.0697. The average molecular weight is 310 g/mol. The van der Waals surface area contributed by atoms with Gasteiger partial charge in [-0.2, -0.15) is 0 Å². The van der Waals surface area contributed by atoms with Crippen LogP contribution in [-0.4, -0.2) is 32.1 Å². The van der Waals surface area contributed by atoms with Gasteiger partial charge in [0.05, 0.1) is 12.7 Å². The van der Waals surface area contributed by atoms with Gasteiger partial charge < -0.3 is 15.4 Å². The van der Waals surface area contributed by atoms with E-state index in [9.17, 15) is 9.59 Å². The van der Waals surface area contributed by atoms with E-state index in [-0.39, 0.29) is 11.9 Å². The van der Waals surface area contributed by atoms with Gasteiger partial charge in [0.25, 0.3) is 0 Å². The van der Waals surface area contributed by atoms with Gasteiger partial charge in [0, 0.05) is 17.8 Å². The molecule has 0 spiro atoms. The van der Waals surface area contributed by atoms with Crippen molar-refractivity contribution in [3.05, 3.63) is 16.0 Å². The molecule has 0 fully saturated rings. The van der Waals surface area contributed by atoms with Gasteiger partial charge in [-0.05, 0) is 37.8 Å². The third-order valence-electron chi connectivity index (χ3n) is 3.59. The number of thiophene rings is 1. The Labute approximate surface area is 129 Å². The molecule has 0 unspecified atom stereocenters. The Morgan fingerprint density at radius 3 is 2.76 bits per heavy atom. The van der Waals surface area contributed by atoms with Gasteiger partial charge in [-0.15, -0.1) is 11.3 Å². The van der Waals surface area contributed by atoms with E-state index >= 15 is 0 Å². The molecule has 1 aliphatic carbocycles. The molecule has 5 nitrogen and oxygen atoms in total. The van der Waals surface area contributed by atoms with Gasteiger partial charge in [-0.25, -0.2) is 4.79 Å². The van der Waals surface area contributed by atoms with Crippen LogP contribution in [0.15, 0.2) is 0 Å². The van der Waals surface area contributed by atoms with Crippen molar-refractivity contribution >= 4 is 28.2 Å². The van der Waals surface area contributed by atoms with E-state index in [1.807, 2.05) is 6.92 Å². The van der Waals surface area contributed by atoms with Crippen molar-refractivity contribution in [1.29, 1.82) is 0 Å². The number of amides is 1. The maximum absolute atomic E-state index is 12.0. The molecule has 21 heavy (non-hydrogen) atoms. The lowest BCUT2D eigenvalue weighted by Crippen LogP contribution is -2.22. The Hall–Kier alpha value is -1.40. The summed E-state index contributed by atoms with van der Waals surface area (Å²) in [6, 6.07) is 0. The predicted molar refractivity (Wildman–Crippen MR) is 84.1 cm³/mol. The van der Waals surface area contributed by atoms with Crippen LogP contribution < -0.4 is 10.6 Å². The molecule has 0 saturated heterocycles. The lowest BCUT2D eigenvalue weighted by atomic mass is 9.95. The van der Waals surface area contributed by atoms with Crippen LogP contribution in [0.2, 0.25) is 0 Å². The zero-order valence-corrected chi connectivity index (χ0v) is 13.4. The van der Waals surface area contributed by atoms with Crippen molar-refractivity contribution in [2.45, 2.75) is 39.0 Å². The van der Waals surface area contributed by atoms with Gasteiger partial charge in [0.2, 0.25) is 5.91 Å². The van der Waals surface area contributed by atoms with E-state index in [1.165, 1.54) is 23.3 Å². The van der Waals surface area contributed by atoms with Crippen molar-refractivity contribution in [3.63, 3.8) is 0 Å². The fourth-order valence-corrected chi connectivity index (χ4v) is 3.83. The van der Waals surface area contributed by atoms with E-state index in [1.54, 1.807) is 0 Å². The highest BCUT2D eigenvalue weighted by Crippen LogP contribution is 2.38. The van der Waals surface area contributed by atoms with Crippen LogP contribution in [0.3, 0.4) is 0 Å². The van der Waals surface area contributed by atoms with Crippen molar-refractivity contribution in [2.24, 2.45) is 0 Å². The summed E-state index contributed by atoms with van der Waals surface area (Å²) in [4.78, 5) is 25.2. The highest BCUT2D eigenvalue weighted by atomic mass is 32.1. The minimum atomic E-state index is -0.351. The summed E-state index contributed by atoms with van der Waals surface area (Å²) in [5.74, 6) is -0.420. The number of nitrogens with one attached hydrogen (secondary N) is 2. The van der Waals surface area contributed by atoms with Crippen LogP contribution in [-0.2, 0) is 22.4 Å². The molecule has 1 aromatic rings. The summed E-state index contributed by atoms with van der Waals surface area (Å²) in [6.45, 7) is 3.48. The Balaban J connectivity index is 2.16. The summed E-state index contributed by atoms with van der Waals surface area (Å²) in [5.41, 5.74) is 1.63. The van der Waals surface area contributed by atoms with E-state index in [0.29, 0.717) is 23.5 Å². The molecule has 1 aliphatic rings. The lowest BCUT2D eigenvalue weighted by molar-refractivity contribution is -0.116. The number of carbonyl (C=O) groups excluding carboxylic acids is 2. The minimum Gasteiger partial charge on any atom is -0.465 e. The Kier molecular flexibility index (Phi) is 5.76. The van der Waals surface area contributed by atoms with Gasteiger partial charge in [0.15, 0.2) is 0 Å². The molecule has 0 aromatic carbocycles. The van der Waals surface area contributed by atoms with Gasteiger partial charge in [-0.3, -0.25) is 4.79 Å². The molecule has 1 heterocycles. The predicted octanol–water partition coefficient (Wildman–Crippen LogP) is 2.35. The lowest BCUT2D eigenvalue weighted by Gasteiger charge is -2.11. The van der Waals surface area contributed by atoms with Gasteiger partial charge in [-0.1, -0.05) is 6.92 Å².